The van der Waals surface area contributed by atoms with Gasteiger partial charge in [0.05, 0.1) is 32.5 Å². The first kappa shape index (κ1) is 20.7. The minimum atomic E-state index is -1.14. The summed E-state index contributed by atoms with van der Waals surface area (Å²) in [7, 11) is 4.42. The zero-order chi connectivity index (χ0) is 22.1. The summed E-state index contributed by atoms with van der Waals surface area (Å²) in [6, 6.07) is 10.6. The van der Waals surface area contributed by atoms with Gasteiger partial charge in [-0.3, -0.25) is 4.98 Å². The van der Waals surface area contributed by atoms with Crippen LogP contribution in [0, 0.1) is 0 Å². The number of rotatable bonds is 6. The molecule has 1 atom stereocenters. The fraction of sp³-hybridized carbons (Fsp3) is 0.182. The highest BCUT2D eigenvalue weighted by atomic mass is 32.1. The number of nitrogens with one attached hydrogen (secondary N) is 1. The summed E-state index contributed by atoms with van der Waals surface area (Å²) in [6.07, 6.45) is 0.513. The number of aliphatic hydroxyl groups is 1. The number of hydrogen-bond donors (Lipinski definition) is 3. The number of esters is 1. The Bertz CT molecular complexity index is 1290. The molecule has 2 heterocycles. The minimum Gasteiger partial charge on any atom is -0.493 e. The molecule has 0 saturated heterocycles. The number of nitrogen functional groups attached to an aromatic ring is 1. The van der Waals surface area contributed by atoms with E-state index in [4.69, 9.17) is 19.9 Å². The van der Waals surface area contributed by atoms with Crippen LogP contribution in [-0.4, -0.2) is 37.4 Å². The van der Waals surface area contributed by atoms with Gasteiger partial charge >= 0.3 is 5.97 Å². The van der Waals surface area contributed by atoms with Crippen LogP contribution in [0.15, 0.2) is 42.6 Å². The quantitative estimate of drug-likeness (QED) is 0.235. The Balaban J connectivity index is 1.92. The average molecular weight is 439 g/mol. The van der Waals surface area contributed by atoms with Gasteiger partial charge < -0.3 is 30.4 Å². The number of thiophene rings is 1. The molecule has 0 aliphatic carbocycles. The predicted octanol–water partition coefficient (Wildman–Crippen LogP) is 3.94. The molecule has 4 aromatic rings. The Kier molecular flexibility index (Phi) is 5.53. The van der Waals surface area contributed by atoms with E-state index < -0.39 is 12.2 Å². The van der Waals surface area contributed by atoms with E-state index in [0.29, 0.717) is 44.2 Å². The van der Waals surface area contributed by atoms with Crippen LogP contribution in [0.25, 0.3) is 21.0 Å². The molecule has 9 heteroatoms. The second-order valence-corrected chi connectivity index (χ2v) is 7.72. The zero-order valence-corrected chi connectivity index (χ0v) is 17.9. The van der Waals surface area contributed by atoms with Crippen molar-refractivity contribution in [3.8, 4) is 11.5 Å². The molecule has 0 fully saturated rings. The van der Waals surface area contributed by atoms with Crippen LogP contribution in [0.2, 0.25) is 0 Å². The molecule has 2 aromatic carbocycles. The van der Waals surface area contributed by atoms with E-state index in [0.717, 1.165) is 10.1 Å². The van der Waals surface area contributed by atoms with Gasteiger partial charge in [0.15, 0.2) is 17.7 Å². The summed E-state index contributed by atoms with van der Waals surface area (Å²) >= 11 is 1.24. The van der Waals surface area contributed by atoms with Crippen LogP contribution in [0.1, 0.15) is 21.5 Å². The number of nitrogens with zero attached hydrogens (tertiary/aromatic N) is 1. The molecule has 0 saturated carbocycles. The summed E-state index contributed by atoms with van der Waals surface area (Å²) in [4.78, 5) is 17.4. The van der Waals surface area contributed by atoms with Crippen LogP contribution in [0.5, 0.6) is 11.5 Å². The predicted molar refractivity (Wildman–Crippen MR) is 121 cm³/mol. The van der Waals surface area contributed by atoms with Gasteiger partial charge in [-0.05, 0) is 12.1 Å². The van der Waals surface area contributed by atoms with Crippen molar-refractivity contribution < 1.29 is 24.1 Å². The third-order valence-corrected chi connectivity index (χ3v) is 6.19. The van der Waals surface area contributed by atoms with Gasteiger partial charge in [0.1, 0.15) is 4.88 Å². The number of ether oxygens (including phenoxy) is 3. The van der Waals surface area contributed by atoms with Crippen molar-refractivity contribution in [2.24, 2.45) is 0 Å². The highest BCUT2D eigenvalue weighted by molar-refractivity contribution is 7.22. The molecule has 0 aliphatic rings. The Labute approximate surface area is 182 Å². The SMILES string of the molecule is COC(=O)c1sc2c(cnc3cc(OC)c(OC)cc32)c1NC(O)c1ccccc1N. The van der Waals surface area contributed by atoms with Gasteiger partial charge in [-0.15, -0.1) is 11.3 Å². The molecule has 0 bridgehead atoms. The molecule has 0 aliphatic heterocycles. The minimum absolute atomic E-state index is 0.315. The van der Waals surface area contributed by atoms with Gasteiger partial charge in [0.25, 0.3) is 0 Å². The number of hydrogen-bond acceptors (Lipinski definition) is 9. The standard InChI is InChI=1S/C22H21N3O5S/c1-28-16-8-12-15(9-17(16)29-2)24-10-13-18(20(22(27)30-3)31-19(12)13)25-21(26)11-6-4-5-7-14(11)23/h4-10,21,25-26H,23H2,1-3H3. The van der Waals surface area contributed by atoms with E-state index >= 15 is 0 Å². The van der Waals surface area contributed by atoms with Crippen LogP contribution >= 0.6 is 11.3 Å². The molecule has 160 valence electrons. The fourth-order valence-corrected chi connectivity index (χ4v) is 4.59. The number of carbonyl (C=O) groups excluding carboxylic acids is 1. The molecule has 31 heavy (non-hydrogen) atoms. The van der Waals surface area contributed by atoms with Crippen LogP contribution in [0.3, 0.4) is 0 Å². The maximum absolute atomic E-state index is 12.5. The lowest BCUT2D eigenvalue weighted by Crippen LogP contribution is -2.13. The lowest BCUT2D eigenvalue weighted by molar-refractivity contribution is 0.0607. The number of fused-ring (bicyclic) bond motifs is 3. The number of methoxy groups -OCH3 is 3. The van der Waals surface area contributed by atoms with E-state index in [9.17, 15) is 9.90 Å². The summed E-state index contributed by atoms with van der Waals surface area (Å²) in [6.45, 7) is 0. The maximum Gasteiger partial charge on any atom is 0.350 e. The summed E-state index contributed by atoms with van der Waals surface area (Å²) in [5.41, 5.74) is 8.03. The van der Waals surface area contributed by atoms with Crippen molar-refractivity contribution >= 4 is 49.7 Å². The van der Waals surface area contributed by atoms with E-state index in [1.807, 2.05) is 6.07 Å². The molecule has 4 rings (SSSR count). The van der Waals surface area contributed by atoms with Crippen molar-refractivity contribution in [3.63, 3.8) is 0 Å². The smallest absolute Gasteiger partial charge is 0.350 e. The number of aromatic nitrogens is 1. The molecule has 0 spiro atoms. The number of carbonyl (C=O) groups is 1. The number of nitrogens with two attached hydrogens (primary N) is 1. The Morgan fingerprint density at radius 2 is 1.84 bits per heavy atom. The molecule has 0 amide bonds. The first-order chi connectivity index (χ1) is 15.0. The largest absolute Gasteiger partial charge is 0.493 e. The monoisotopic (exact) mass is 439 g/mol. The number of anilines is 2. The second-order valence-electron chi connectivity index (χ2n) is 6.70. The normalized spacial score (nSPS) is 12.0. The topological polar surface area (TPSA) is 116 Å². The van der Waals surface area contributed by atoms with Gasteiger partial charge in [0.2, 0.25) is 0 Å². The summed E-state index contributed by atoms with van der Waals surface area (Å²) in [5.74, 6) is 0.578. The first-order valence-electron chi connectivity index (χ1n) is 9.33. The first-order valence-corrected chi connectivity index (χ1v) is 10.1. The lowest BCUT2D eigenvalue weighted by atomic mass is 10.1. The van der Waals surface area contributed by atoms with Crippen LogP contribution in [-0.2, 0) is 4.74 Å². The Hall–Kier alpha value is -3.56. The molecule has 1 unspecified atom stereocenters. The van der Waals surface area contributed by atoms with Crippen molar-refractivity contribution in [1.29, 1.82) is 0 Å². The Morgan fingerprint density at radius 1 is 1.13 bits per heavy atom. The van der Waals surface area contributed by atoms with Crippen molar-refractivity contribution in [1.82, 2.24) is 4.98 Å². The van der Waals surface area contributed by atoms with Gasteiger partial charge in [-0.2, -0.15) is 0 Å². The fourth-order valence-electron chi connectivity index (χ4n) is 3.41. The van der Waals surface area contributed by atoms with E-state index in [1.54, 1.807) is 50.7 Å². The third kappa shape index (κ3) is 3.58. The maximum atomic E-state index is 12.5. The summed E-state index contributed by atoms with van der Waals surface area (Å²) < 4.78 is 16.6. The second kappa shape index (κ2) is 8.29. The third-order valence-electron chi connectivity index (χ3n) is 4.97. The molecular weight excluding hydrogens is 418 g/mol. The molecule has 8 nitrogen and oxygen atoms in total. The van der Waals surface area contributed by atoms with E-state index in [1.165, 1.54) is 18.4 Å². The van der Waals surface area contributed by atoms with Crippen molar-refractivity contribution in [2.45, 2.75) is 6.23 Å². The highest BCUT2D eigenvalue weighted by Crippen LogP contribution is 2.43. The van der Waals surface area contributed by atoms with E-state index in [2.05, 4.69) is 10.3 Å². The van der Waals surface area contributed by atoms with Crippen molar-refractivity contribution in [2.75, 3.05) is 32.4 Å². The van der Waals surface area contributed by atoms with Crippen LogP contribution < -0.4 is 20.5 Å². The Morgan fingerprint density at radius 3 is 2.52 bits per heavy atom. The molecule has 2 aromatic heterocycles. The highest BCUT2D eigenvalue weighted by Gasteiger charge is 2.24. The molecule has 4 N–H and O–H groups in total. The average Bonchev–Trinajstić information content (AvgIpc) is 3.16. The number of pyridine rings is 1. The van der Waals surface area contributed by atoms with Crippen LogP contribution in [0.4, 0.5) is 11.4 Å². The van der Waals surface area contributed by atoms with Crippen molar-refractivity contribution in [3.05, 3.63) is 53.0 Å². The van der Waals surface area contributed by atoms with Gasteiger partial charge in [-0.25, -0.2) is 4.79 Å². The molecule has 0 radical (unpaired) electrons. The summed E-state index contributed by atoms with van der Waals surface area (Å²) in [5, 5.41) is 15.2. The van der Waals surface area contributed by atoms with Gasteiger partial charge in [0, 0.05) is 39.0 Å². The number of para-hydroxylation sites is 1. The zero-order valence-electron chi connectivity index (χ0n) is 17.1. The molecular formula is C22H21N3O5S. The van der Waals surface area contributed by atoms with E-state index in [-0.39, 0.29) is 0 Å². The lowest BCUT2D eigenvalue weighted by Gasteiger charge is -2.17. The number of aliphatic hydroxyl groups excluding tert-OH is 1. The van der Waals surface area contributed by atoms with Gasteiger partial charge in [-0.1, -0.05) is 18.2 Å². The number of benzene rings is 2.